The fraction of sp³-hybridized carbons (Fsp3) is 0.208. The molecule has 0 radical (unpaired) electrons. The van der Waals surface area contributed by atoms with E-state index < -0.39 is 17.7 Å². The maximum absolute atomic E-state index is 13.0. The molecule has 2 heterocycles. The first-order chi connectivity index (χ1) is 14.5. The van der Waals surface area contributed by atoms with Crippen molar-refractivity contribution >= 4 is 28.2 Å². The topological polar surface area (TPSA) is 73.7 Å². The van der Waals surface area contributed by atoms with Gasteiger partial charge in [0.25, 0.3) is 11.7 Å². The highest BCUT2D eigenvalue weighted by Crippen LogP contribution is 2.39. The van der Waals surface area contributed by atoms with E-state index in [1.165, 1.54) is 4.90 Å². The number of Topliss-reactive ketones (excluding diaryl/α,β-unsaturated/α-hetero) is 1. The summed E-state index contributed by atoms with van der Waals surface area (Å²) in [6, 6.07) is 17.8. The van der Waals surface area contributed by atoms with E-state index in [2.05, 4.69) is 4.98 Å². The molecule has 0 aliphatic carbocycles. The van der Waals surface area contributed by atoms with Crippen molar-refractivity contribution in [2.24, 2.45) is 0 Å². The zero-order valence-electron chi connectivity index (χ0n) is 16.9. The van der Waals surface area contributed by atoms with Crippen LogP contribution in [0.15, 0.2) is 72.4 Å². The molecule has 1 aliphatic rings. The number of rotatable bonds is 5. The molecule has 6 nitrogen and oxygen atoms in total. The van der Waals surface area contributed by atoms with Crippen LogP contribution in [-0.2, 0) is 9.59 Å². The molecule has 3 aromatic rings. The van der Waals surface area contributed by atoms with E-state index in [4.69, 9.17) is 0 Å². The van der Waals surface area contributed by atoms with Crippen molar-refractivity contribution < 1.29 is 14.7 Å². The molecule has 0 bridgehead atoms. The summed E-state index contributed by atoms with van der Waals surface area (Å²) in [5.41, 5.74) is 1.16. The minimum atomic E-state index is -0.731. The first kappa shape index (κ1) is 19.8. The van der Waals surface area contributed by atoms with Crippen LogP contribution in [0.1, 0.15) is 17.3 Å². The van der Waals surface area contributed by atoms with Crippen LogP contribution in [-0.4, -0.2) is 58.8 Å². The number of nitrogens with zero attached hydrogens (tertiary/aromatic N) is 3. The lowest BCUT2D eigenvalue weighted by Gasteiger charge is -2.25. The predicted octanol–water partition coefficient (Wildman–Crippen LogP) is 3.22. The largest absolute Gasteiger partial charge is 0.507 e. The number of likely N-dealkylation sites (N-methyl/N-ethyl adjacent to an activating group) is 1. The number of benzene rings is 2. The Bertz CT molecular complexity index is 1130. The van der Waals surface area contributed by atoms with E-state index in [1.807, 2.05) is 61.5 Å². The third kappa shape index (κ3) is 3.46. The maximum atomic E-state index is 13.0. The van der Waals surface area contributed by atoms with Gasteiger partial charge < -0.3 is 14.9 Å². The van der Waals surface area contributed by atoms with Gasteiger partial charge in [0.1, 0.15) is 11.8 Å². The summed E-state index contributed by atoms with van der Waals surface area (Å²) in [5.74, 6) is -1.47. The molecule has 30 heavy (non-hydrogen) atoms. The van der Waals surface area contributed by atoms with Gasteiger partial charge in [0.05, 0.1) is 11.3 Å². The number of aliphatic hydroxyl groups is 1. The summed E-state index contributed by atoms with van der Waals surface area (Å²) in [5, 5.41) is 13.0. The van der Waals surface area contributed by atoms with E-state index in [0.29, 0.717) is 24.3 Å². The first-order valence-corrected chi connectivity index (χ1v) is 9.81. The second-order valence-corrected chi connectivity index (χ2v) is 7.58. The molecule has 1 N–H and O–H groups in total. The third-order valence-electron chi connectivity index (χ3n) is 5.34. The fourth-order valence-electron chi connectivity index (χ4n) is 3.84. The third-order valence-corrected chi connectivity index (χ3v) is 5.34. The van der Waals surface area contributed by atoms with Crippen LogP contribution in [0.3, 0.4) is 0 Å². The molecule has 6 heteroatoms. The van der Waals surface area contributed by atoms with Crippen LogP contribution < -0.4 is 0 Å². The number of ketones is 1. The standard InChI is InChI=1S/C24H23N3O3/c1-26(2)14-15-27-21(19-12-5-6-13-25-19)20(23(29)24(27)30)22(28)18-11-7-9-16-8-3-4-10-17(16)18/h3-13,21,28H,14-15H2,1-2H3/b22-20-. The van der Waals surface area contributed by atoms with Crippen molar-refractivity contribution in [3.05, 3.63) is 83.7 Å². The van der Waals surface area contributed by atoms with Crippen LogP contribution in [0.5, 0.6) is 0 Å². The lowest BCUT2D eigenvalue weighted by molar-refractivity contribution is -0.140. The van der Waals surface area contributed by atoms with Crippen molar-refractivity contribution in [2.45, 2.75) is 6.04 Å². The number of likely N-dealkylation sites (tertiary alicyclic amines) is 1. The Labute approximate surface area is 175 Å². The van der Waals surface area contributed by atoms with Crippen LogP contribution in [0.4, 0.5) is 0 Å². The van der Waals surface area contributed by atoms with Gasteiger partial charge in [-0.1, -0.05) is 48.5 Å². The molecule has 1 aliphatic heterocycles. The highest BCUT2D eigenvalue weighted by molar-refractivity contribution is 6.46. The van der Waals surface area contributed by atoms with Crippen molar-refractivity contribution in [1.82, 2.24) is 14.8 Å². The number of hydrogen-bond acceptors (Lipinski definition) is 5. The van der Waals surface area contributed by atoms with E-state index in [1.54, 1.807) is 24.4 Å². The van der Waals surface area contributed by atoms with Gasteiger partial charge in [-0.05, 0) is 37.0 Å². The molecule has 0 saturated carbocycles. The SMILES string of the molecule is CN(C)CCN1C(=O)C(=O)/C(=C(\O)c2cccc3ccccc23)C1c1ccccn1. The van der Waals surface area contributed by atoms with Crippen LogP contribution in [0.25, 0.3) is 16.5 Å². The van der Waals surface area contributed by atoms with Gasteiger partial charge in [-0.15, -0.1) is 0 Å². The summed E-state index contributed by atoms with van der Waals surface area (Å²) in [6.07, 6.45) is 1.62. The molecule has 1 atom stereocenters. The van der Waals surface area contributed by atoms with Gasteiger partial charge in [0, 0.05) is 24.8 Å². The lowest BCUT2D eigenvalue weighted by Crippen LogP contribution is -2.35. The molecule has 1 saturated heterocycles. The summed E-state index contributed by atoms with van der Waals surface area (Å²) in [4.78, 5) is 33.8. The van der Waals surface area contributed by atoms with E-state index >= 15 is 0 Å². The number of fused-ring (bicyclic) bond motifs is 1. The molecule has 2 aromatic carbocycles. The second kappa shape index (κ2) is 8.08. The molecule has 0 spiro atoms. The smallest absolute Gasteiger partial charge is 0.295 e. The van der Waals surface area contributed by atoms with Gasteiger partial charge in [0.2, 0.25) is 0 Å². The summed E-state index contributed by atoms with van der Waals surface area (Å²) < 4.78 is 0. The van der Waals surface area contributed by atoms with Crippen LogP contribution >= 0.6 is 0 Å². The molecule has 1 unspecified atom stereocenters. The van der Waals surface area contributed by atoms with Crippen LogP contribution in [0.2, 0.25) is 0 Å². The van der Waals surface area contributed by atoms with Gasteiger partial charge >= 0.3 is 0 Å². The molecule has 152 valence electrons. The van der Waals surface area contributed by atoms with E-state index in [-0.39, 0.29) is 11.3 Å². The molecule has 4 rings (SSSR count). The van der Waals surface area contributed by atoms with Gasteiger partial charge in [0.15, 0.2) is 0 Å². The van der Waals surface area contributed by atoms with Gasteiger partial charge in [-0.3, -0.25) is 14.6 Å². The Balaban J connectivity index is 1.91. The number of pyridine rings is 1. The summed E-state index contributed by atoms with van der Waals surface area (Å²) in [6.45, 7) is 0.940. The van der Waals surface area contributed by atoms with Crippen molar-refractivity contribution in [1.29, 1.82) is 0 Å². The molecule has 1 fully saturated rings. The average molecular weight is 401 g/mol. The molecular formula is C24H23N3O3. The maximum Gasteiger partial charge on any atom is 0.295 e. The second-order valence-electron chi connectivity index (χ2n) is 7.58. The highest BCUT2D eigenvalue weighted by atomic mass is 16.3. The Morgan fingerprint density at radius 3 is 2.50 bits per heavy atom. The Hall–Kier alpha value is -3.51. The van der Waals surface area contributed by atoms with Crippen molar-refractivity contribution in [3.63, 3.8) is 0 Å². The normalized spacial score (nSPS) is 18.5. The average Bonchev–Trinajstić information content (AvgIpc) is 3.02. The Kier molecular flexibility index (Phi) is 5.33. The van der Waals surface area contributed by atoms with E-state index in [9.17, 15) is 14.7 Å². The lowest BCUT2D eigenvalue weighted by atomic mass is 9.95. The monoisotopic (exact) mass is 401 g/mol. The number of aromatic nitrogens is 1. The number of hydrogen-bond donors (Lipinski definition) is 1. The quantitative estimate of drug-likeness (QED) is 0.404. The zero-order valence-corrected chi connectivity index (χ0v) is 16.9. The number of amides is 1. The Morgan fingerprint density at radius 2 is 1.77 bits per heavy atom. The van der Waals surface area contributed by atoms with Gasteiger partial charge in [-0.2, -0.15) is 0 Å². The predicted molar refractivity (Wildman–Crippen MR) is 116 cm³/mol. The fourth-order valence-corrected chi connectivity index (χ4v) is 3.84. The minimum Gasteiger partial charge on any atom is -0.507 e. The summed E-state index contributed by atoms with van der Waals surface area (Å²) >= 11 is 0. The highest BCUT2D eigenvalue weighted by Gasteiger charge is 2.46. The van der Waals surface area contributed by atoms with Crippen molar-refractivity contribution in [3.8, 4) is 0 Å². The molecule has 1 amide bonds. The molecule has 1 aromatic heterocycles. The van der Waals surface area contributed by atoms with Crippen LogP contribution in [0, 0.1) is 0 Å². The van der Waals surface area contributed by atoms with Gasteiger partial charge in [-0.25, -0.2) is 0 Å². The van der Waals surface area contributed by atoms with Crippen molar-refractivity contribution in [2.75, 3.05) is 27.2 Å². The molecular weight excluding hydrogens is 378 g/mol. The summed E-state index contributed by atoms with van der Waals surface area (Å²) in [7, 11) is 3.81. The number of carbonyl (C=O) groups excluding carboxylic acids is 2. The van der Waals surface area contributed by atoms with E-state index in [0.717, 1.165) is 10.8 Å². The number of carbonyl (C=O) groups is 2. The first-order valence-electron chi connectivity index (χ1n) is 9.81. The zero-order chi connectivity index (χ0) is 21.3. The number of aliphatic hydroxyl groups excluding tert-OH is 1. The minimum absolute atomic E-state index is 0.0776. The Morgan fingerprint density at radius 1 is 1.03 bits per heavy atom.